The van der Waals surface area contributed by atoms with Gasteiger partial charge in [-0.2, -0.15) is 0 Å². The van der Waals surface area contributed by atoms with Crippen molar-refractivity contribution in [2.45, 2.75) is 57.4 Å². The van der Waals surface area contributed by atoms with Gasteiger partial charge in [-0.25, -0.2) is 0 Å². The van der Waals surface area contributed by atoms with Crippen molar-refractivity contribution in [1.29, 1.82) is 0 Å². The molecule has 1 aliphatic carbocycles. The van der Waals surface area contributed by atoms with Gasteiger partial charge in [-0.05, 0) is 18.8 Å². The number of rotatable bonds is 4. The fourth-order valence-electron chi connectivity index (χ4n) is 2.55. The largest absolute Gasteiger partial charge is 0.358 e. The van der Waals surface area contributed by atoms with Crippen LogP contribution in [-0.2, 0) is 4.79 Å². The van der Waals surface area contributed by atoms with E-state index in [1.54, 1.807) is 7.05 Å². The number of hydrogen-bond acceptors (Lipinski definition) is 2. The van der Waals surface area contributed by atoms with Crippen LogP contribution in [0.3, 0.4) is 0 Å². The summed E-state index contributed by atoms with van der Waals surface area (Å²) in [6, 6.07) is 0. The van der Waals surface area contributed by atoms with Crippen LogP contribution in [0.5, 0.6) is 0 Å². The average Bonchev–Trinajstić information content (AvgIpc) is 2.29. The minimum absolute atomic E-state index is 0.00410. The van der Waals surface area contributed by atoms with E-state index >= 15 is 0 Å². The van der Waals surface area contributed by atoms with Crippen LogP contribution in [0.4, 0.5) is 0 Å². The Morgan fingerprint density at radius 1 is 1.40 bits per heavy atom. The molecule has 0 aromatic carbocycles. The fraction of sp³-hybridized carbons (Fsp3) is 0.917. The molecule has 0 aromatic heterocycles. The molecule has 1 rings (SSSR count). The first-order chi connectivity index (χ1) is 7.12. The molecule has 88 valence electrons. The van der Waals surface area contributed by atoms with Gasteiger partial charge in [0.2, 0.25) is 5.91 Å². The van der Waals surface area contributed by atoms with Gasteiger partial charge in [-0.3, -0.25) is 4.79 Å². The third-order valence-electron chi connectivity index (χ3n) is 3.69. The van der Waals surface area contributed by atoms with E-state index in [1.165, 1.54) is 32.1 Å². The zero-order valence-electron chi connectivity index (χ0n) is 10.0. The van der Waals surface area contributed by atoms with Crippen LogP contribution in [0.15, 0.2) is 0 Å². The molecular formula is C12H24N2O. The summed E-state index contributed by atoms with van der Waals surface area (Å²) >= 11 is 0. The first-order valence-corrected chi connectivity index (χ1v) is 6.13. The number of hydrogen-bond donors (Lipinski definition) is 2. The van der Waals surface area contributed by atoms with Crippen molar-refractivity contribution in [1.82, 2.24) is 5.32 Å². The molecule has 3 nitrogen and oxygen atoms in total. The Balaban J connectivity index is 2.54. The Hall–Kier alpha value is -0.570. The molecule has 1 atom stereocenters. The molecule has 3 N–H and O–H groups in total. The van der Waals surface area contributed by atoms with Gasteiger partial charge in [0, 0.05) is 7.05 Å². The highest BCUT2D eigenvalue weighted by atomic mass is 16.2. The highest BCUT2D eigenvalue weighted by Crippen LogP contribution is 2.31. The van der Waals surface area contributed by atoms with Crippen LogP contribution in [-0.4, -0.2) is 18.5 Å². The molecule has 0 spiro atoms. The van der Waals surface area contributed by atoms with Crippen molar-refractivity contribution >= 4 is 5.91 Å². The minimum atomic E-state index is -0.642. The molecule has 1 amide bonds. The third-order valence-corrected chi connectivity index (χ3v) is 3.69. The van der Waals surface area contributed by atoms with E-state index in [4.69, 9.17) is 5.73 Å². The smallest absolute Gasteiger partial charge is 0.239 e. The SMILES string of the molecule is CCC(N)(CC1CCCCC1)C(=O)NC. The van der Waals surface area contributed by atoms with Crippen LogP contribution < -0.4 is 11.1 Å². The number of carbonyl (C=O) groups excluding carboxylic acids is 1. The van der Waals surface area contributed by atoms with Gasteiger partial charge in [-0.15, -0.1) is 0 Å². The lowest BCUT2D eigenvalue weighted by Gasteiger charge is -2.32. The monoisotopic (exact) mass is 212 g/mol. The van der Waals surface area contributed by atoms with E-state index in [2.05, 4.69) is 5.32 Å². The third kappa shape index (κ3) is 3.20. The highest BCUT2D eigenvalue weighted by Gasteiger charge is 2.34. The molecule has 0 heterocycles. The summed E-state index contributed by atoms with van der Waals surface area (Å²) in [5.41, 5.74) is 5.53. The van der Waals surface area contributed by atoms with Gasteiger partial charge in [0.1, 0.15) is 0 Å². The van der Waals surface area contributed by atoms with E-state index in [9.17, 15) is 4.79 Å². The average molecular weight is 212 g/mol. The summed E-state index contributed by atoms with van der Waals surface area (Å²) in [6.45, 7) is 2.00. The van der Waals surface area contributed by atoms with Crippen LogP contribution >= 0.6 is 0 Å². The van der Waals surface area contributed by atoms with Crippen molar-refractivity contribution in [2.24, 2.45) is 11.7 Å². The van der Waals surface area contributed by atoms with E-state index in [0.29, 0.717) is 5.92 Å². The summed E-state index contributed by atoms with van der Waals surface area (Å²) in [4.78, 5) is 11.7. The first-order valence-electron chi connectivity index (χ1n) is 6.13. The first kappa shape index (κ1) is 12.5. The molecule has 1 unspecified atom stereocenters. The van der Waals surface area contributed by atoms with E-state index < -0.39 is 5.54 Å². The summed E-state index contributed by atoms with van der Waals surface area (Å²) in [5, 5.41) is 2.68. The Morgan fingerprint density at radius 2 is 2.00 bits per heavy atom. The summed E-state index contributed by atoms with van der Waals surface area (Å²) in [7, 11) is 1.67. The lowest BCUT2D eigenvalue weighted by atomic mass is 9.78. The fourth-order valence-corrected chi connectivity index (χ4v) is 2.55. The minimum Gasteiger partial charge on any atom is -0.358 e. The number of amides is 1. The van der Waals surface area contributed by atoms with Crippen LogP contribution in [0.25, 0.3) is 0 Å². The van der Waals surface area contributed by atoms with E-state index in [0.717, 1.165) is 12.8 Å². The number of carbonyl (C=O) groups is 1. The molecule has 0 saturated heterocycles. The van der Waals surface area contributed by atoms with Crippen molar-refractivity contribution in [3.63, 3.8) is 0 Å². The van der Waals surface area contributed by atoms with Crippen molar-refractivity contribution in [3.05, 3.63) is 0 Å². The van der Waals surface area contributed by atoms with Crippen LogP contribution in [0, 0.1) is 5.92 Å². The zero-order chi connectivity index (χ0) is 11.3. The van der Waals surface area contributed by atoms with Gasteiger partial charge in [0.05, 0.1) is 5.54 Å². The predicted octanol–water partition coefficient (Wildman–Crippen LogP) is 1.81. The van der Waals surface area contributed by atoms with Crippen molar-refractivity contribution < 1.29 is 4.79 Å². The van der Waals surface area contributed by atoms with Gasteiger partial charge in [-0.1, -0.05) is 39.0 Å². The molecular weight excluding hydrogens is 188 g/mol. The molecule has 0 aromatic rings. The van der Waals surface area contributed by atoms with Gasteiger partial charge in [0.25, 0.3) is 0 Å². The van der Waals surface area contributed by atoms with Gasteiger partial charge in [0.15, 0.2) is 0 Å². The predicted molar refractivity (Wildman–Crippen MR) is 62.5 cm³/mol. The van der Waals surface area contributed by atoms with Crippen molar-refractivity contribution in [2.75, 3.05) is 7.05 Å². The standard InChI is InChI=1S/C12H24N2O/c1-3-12(13,11(15)14-2)9-10-7-5-4-6-8-10/h10H,3-9,13H2,1-2H3,(H,14,15). The molecule has 1 saturated carbocycles. The molecule has 1 aliphatic rings. The normalized spacial score (nSPS) is 22.1. The zero-order valence-corrected chi connectivity index (χ0v) is 10.0. The van der Waals surface area contributed by atoms with E-state index in [1.807, 2.05) is 6.92 Å². The molecule has 0 bridgehead atoms. The maximum Gasteiger partial charge on any atom is 0.239 e. The summed E-state index contributed by atoms with van der Waals surface area (Å²) in [5.74, 6) is 0.650. The Bertz CT molecular complexity index is 212. The number of likely N-dealkylation sites (N-methyl/N-ethyl adjacent to an activating group) is 1. The molecule has 0 radical (unpaired) electrons. The second-order valence-electron chi connectivity index (χ2n) is 4.80. The highest BCUT2D eigenvalue weighted by molar-refractivity contribution is 5.85. The van der Waals surface area contributed by atoms with Crippen LogP contribution in [0.2, 0.25) is 0 Å². The van der Waals surface area contributed by atoms with Crippen molar-refractivity contribution in [3.8, 4) is 0 Å². The topological polar surface area (TPSA) is 55.1 Å². The van der Waals surface area contributed by atoms with Crippen LogP contribution in [0.1, 0.15) is 51.9 Å². The molecule has 1 fully saturated rings. The lowest BCUT2D eigenvalue weighted by Crippen LogP contribution is -2.53. The van der Waals surface area contributed by atoms with Gasteiger partial charge >= 0.3 is 0 Å². The Labute approximate surface area is 92.8 Å². The maximum absolute atomic E-state index is 11.7. The van der Waals surface area contributed by atoms with Gasteiger partial charge < -0.3 is 11.1 Å². The quantitative estimate of drug-likeness (QED) is 0.746. The summed E-state index contributed by atoms with van der Waals surface area (Å²) in [6.07, 6.45) is 8.02. The Morgan fingerprint density at radius 3 is 2.47 bits per heavy atom. The maximum atomic E-state index is 11.7. The molecule has 15 heavy (non-hydrogen) atoms. The number of nitrogens with two attached hydrogens (primary N) is 1. The number of nitrogens with one attached hydrogen (secondary N) is 1. The Kier molecular flexibility index (Phi) is 4.58. The molecule has 3 heteroatoms. The second-order valence-corrected chi connectivity index (χ2v) is 4.80. The van der Waals surface area contributed by atoms with E-state index in [-0.39, 0.29) is 5.91 Å². The second kappa shape index (κ2) is 5.50. The molecule has 0 aliphatic heterocycles. The summed E-state index contributed by atoms with van der Waals surface area (Å²) < 4.78 is 0. The lowest BCUT2D eigenvalue weighted by molar-refractivity contribution is -0.126.